The van der Waals surface area contributed by atoms with Crippen LogP contribution >= 0.6 is 0 Å². The molecule has 2 amide bonds. The highest BCUT2D eigenvalue weighted by Gasteiger charge is 2.16. The summed E-state index contributed by atoms with van der Waals surface area (Å²) >= 11 is 0. The van der Waals surface area contributed by atoms with Gasteiger partial charge >= 0.3 is 6.01 Å². The molecule has 3 heterocycles. The van der Waals surface area contributed by atoms with Crippen molar-refractivity contribution in [2.45, 2.75) is 13.5 Å². The SMILES string of the molecule is Cc1noc(CNC(=O)c2coc(NC(=O)c3cnccn3)n2)n1. The Balaban J connectivity index is 1.58. The van der Waals surface area contributed by atoms with Crippen LogP contribution in [0.15, 0.2) is 33.8 Å². The molecule has 122 valence electrons. The molecule has 0 atom stereocenters. The molecular weight excluding hydrogens is 318 g/mol. The molecule has 3 rings (SSSR count). The quantitative estimate of drug-likeness (QED) is 0.675. The standard InChI is InChI=1S/C13H11N7O4/c1-7-17-10(24-20-7)5-16-11(21)9-6-23-13(18-9)19-12(22)8-4-14-2-3-15-8/h2-4,6H,5H2,1H3,(H,16,21)(H,18,19,22). The number of rotatable bonds is 5. The summed E-state index contributed by atoms with van der Waals surface area (Å²) in [7, 11) is 0. The molecule has 11 nitrogen and oxygen atoms in total. The van der Waals surface area contributed by atoms with Gasteiger partial charge in [0.1, 0.15) is 12.0 Å². The number of oxazole rings is 1. The van der Waals surface area contributed by atoms with E-state index in [-0.39, 0.29) is 29.8 Å². The number of nitrogens with one attached hydrogen (secondary N) is 2. The summed E-state index contributed by atoms with van der Waals surface area (Å²) in [5.41, 5.74) is 0.0779. The van der Waals surface area contributed by atoms with Gasteiger partial charge in [-0.3, -0.25) is 19.9 Å². The maximum absolute atomic E-state index is 11.9. The number of amides is 2. The average molecular weight is 329 g/mol. The Morgan fingerprint density at radius 3 is 2.75 bits per heavy atom. The minimum absolute atomic E-state index is 0.0133. The number of aromatic nitrogens is 5. The van der Waals surface area contributed by atoms with Gasteiger partial charge in [-0.05, 0) is 6.92 Å². The Labute approximate surface area is 134 Å². The minimum Gasteiger partial charge on any atom is -0.431 e. The molecule has 0 aliphatic heterocycles. The highest BCUT2D eigenvalue weighted by Crippen LogP contribution is 2.09. The van der Waals surface area contributed by atoms with E-state index in [0.29, 0.717) is 5.82 Å². The smallest absolute Gasteiger partial charge is 0.302 e. The molecule has 3 aromatic heterocycles. The van der Waals surface area contributed by atoms with Crippen molar-refractivity contribution < 1.29 is 18.5 Å². The zero-order chi connectivity index (χ0) is 16.9. The van der Waals surface area contributed by atoms with E-state index in [1.807, 2.05) is 0 Å². The van der Waals surface area contributed by atoms with Gasteiger partial charge in [0, 0.05) is 12.4 Å². The molecule has 0 unspecified atom stereocenters. The predicted octanol–water partition coefficient (Wildman–Crippen LogP) is 0.338. The van der Waals surface area contributed by atoms with E-state index >= 15 is 0 Å². The normalized spacial score (nSPS) is 10.4. The van der Waals surface area contributed by atoms with Gasteiger partial charge in [-0.25, -0.2) is 4.98 Å². The number of hydrogen-bond acceptors (Lipinski definition) is 9. The first-order valence-corrected chi connectivity index (χ1v) is 6.72. The van der Waals surface area contributed by atoms with E-state index in [1.165, 1.54) is 18.6 Å². The molecule has 0 bridgehead atoms. The molecule has 11 heteroatoms. The zero-order valence-electron chi connectivity index (χ0n) is 12.4. The molecule has 0 aromatic carbocycles. The number of anilines is 1. The van der Waals surface area contributed by atoms with Crippen molar-refractivity contribution in [3.05, 3.63) is 48.0 Å². The van der Waals surface area contributed by atoms with Crippen molar-refractivity contribution >= 4 is 17.8 Å². The summed E-state index contributed by atoms with van der Waals surface area (Å²) in [6, 6.07) is -0.135. The van der Waals surface area contributed by atoms with Gasteiger partial charge in [-0.2, -0.15) is 9.97 Å². The summed E-state index contributed by atoms with van der Waals surface area (Å²) in [5.74, 6) is -0.344. The highest BCUT2D eigenvalue weighted by molar-refractivity contribution is 6.01. The molecule has 0 aliphatic rings. The fourth-order valence-electron chi connectivity index (χ4n) is 1.67. The molecule has 0 radical (unpaired) electrons. The van der Waals surface area contributed by atoms with Gasteiger partial charge < -0.3 is 14.3 Å². The van der Waals surface area contributed by atoms with Crippen LogP contribution in [0.3, 0.4) is 0 Å². The third-order valence-corrected chi connectivity index (χ3v) is 2.72. The Kier molecular flexibility index (Phi) is 4.23. The van der Waals surface area contributed by atoms with Gasteiger partial charge in [-0.15, -0.1) is 0 Å². The third kappa shape index (κ3) is 3.58. The van der Waals surface area contributed by atoms with Gasteiger partial charge in [0.2, 0.25) is 5.89 Å². The Bertz CT molecular complexity index is 858. The van der Waals surface area contributed by atoms with Crippen molar-refractivity contribution in [2.24, 2.45) is 0 Å². The van der Waals surface area contributed by atoms with E-state index in [1.54, 1.807) is 6.92 Å². The topological polar surface area (TPSA) is 149 Å². The summed E-state index contributed by atoms with van der Waals surface area (Å²) in [6.07, 6.45) is 5.22. The molecule has 0 saturated carbocycles. The van der Waals surface area contributed by atoms with Crippen molar-refractivity contribution in [3.8, 4) is 0 Å². The average Bonchev–Trinajstić information content (AvgIpc) is 3.22. The van der Waals surface area contributed by atoms with Crippen LogP contribution in [0.4, 0.5) is 6.01 Å². The van der Waals surface area contributed by atoms with Crippen LogP contribution in [-0.4, -0.2) is 36.9 Å². The second-order valence-electron chi connectivity index (χ2n) is 4.50. The van der Waals surface area contributed by atoms with Crippen molar-refractivity contribution in [3.63, 3.8) is 0 Å². The van der Waals surface area contributed by atoms with E-state index in [4.69, 9.17) is 8.94 Å². The summed E-state index contributed by atoms with van der Waals surface area (Å²) in [6.45, 7) is 1.71. The fraction of sp³-hybridized carbons (Fsp3) is 0.154. The predicted molar refractivity (Wildman–Crippen MR) is 76.7 cm³/mol. The molecule has 0 aliphatic carbocycles. The fourth-order valence-corrected chi connectivity index (χ4v) is 1.67. The first-order chi connectivity index (χ1) is 11.6. The van der Waals surface area contributed by atoms with E-state index in [2.05, 4.69) is 35.7 Å². The van der Waals surface area contributed by atoms with Crippen molar-refractivity contribution in [1.29, 1.82) is 0 Å². The summed E-state index contributed by atoms with van der Waals surface area (Å²) in [4.78, 5) is 39.2. The number of hydrogen-bond donors (Lipinski definition) is 2. The Morgan fingerprint density at radius 1 is 1.17 bits per heavy atom. The lowest BCUT2D eigenvalue weighted by atomic mass is 10.4. The number of carbonyl (C=O) groups excluding carboxylic acids is 2. The Hall–Kier alpha value is -3.63. The maximum Gasteiger partial charge on any atom is 0.302 e. The maximum atomic E-state index is 11.9. The molecule has 24 heavy (non-hydrogen) atoms. The van der Waals surface area contributed by atoms with E-state index in [9.17, 15) is 9.59 Å². The second kappa shape index (κ2) is 6.64. The lowest BCUT2D eigenvalue weighted by Crippen LogP contribution is -2.23. The first-order valence-electron chi connectivity index (χ1n) is 6.72. The summed E-state index contributed by atoms with van der Waals surface area (Å²) in [5, 5.41) is 8.51. The molecule has 0 fully saturated rings. The van der Waals surface area contributed by atoms with Gasteiger partial charge in [0.25, 0.3) is 11.8 Å². The highest BCUT2D eigenvalue weighted by atomic mass is 16.5. The lowest BCUT2D eigenvalue weighted by molar-refractivity contribution is 0.0940. The van der Waals surface area contributed by atoms with Gasteiger partial charge in [0.15, 0.2) is 11.5 Å². The number of nitrogens with zero attached hydrogens (tertiary/aromatic N) is 5. The minimum atomic E-state index is -0.557. The molecular formula is C13H11N7O4. The monoisotopic (exact) mass is 329 g/mol. The van der Waals surface area contributed by atoms with Crippen LogP contribution in [0.1, 0.15) is 32.7 Å². The van der Waals surface area contributed by atoms with Crippen molar-refractivity contribution in [1.82, 2.24) is 30.4 Å². The summed E-state index contributed by atoms with van der Waals surface area (Å²) < 4.78 is 9.90. The van der Waals surface area contributed by atoms with Gasteiger partial charge in [-0.1, -0.05) is 5.16 Å². The third-order valence-electron chi connectivity index (χ3n) is 2.72. The van der Waals surface area contributed by atoms with Crippen LogP contribution in [-0.2, 0) is 6.54 Å². The van der Waals surface area contributed by atoms with Crippen LogP contribution in [0.25, 0.3) is 0 Å². The number of carbonyl (C=O) groups is 2. The van der Waals surface area contributed by atoms with E-state index < -0.39 is 11.8 Å². The van der Waals surface area contributed by atoms with Crippen LogP contribution in [0, 0.1) is 6.92 Å². The van der Waals surface area contributed by atoms with Crippen LogP contribution in [0.5, 0.6) is 0 Å². The first kappa shape index (κ1) is 15.3. The lowest BCUT2D eigenvalue weighted by Gasteiger charge is -1.99. The van der Waals surface area contributed by atoms with Crippen LogP contribution < -0.4 is 10.6 Å². The number of aryl methyl sites for hydroxylation is 1. The molecule has 0 saturated heterocycles. The van der Waals surface area contributed by atoms with Crippen molar-refractivity contribution in [2.75, 3.05) is 5.32 Å². The Morgan fingerprint density at radius 2 is 2.04 bits per heavy atom. The second-order valence-corrected chi connectivity index (χ2v) is 4.50. The van der Waals surface area contributed by atoms with E-state index in [0.717, 1.165) is 6.26 Å². The van der Waals surface area contributed by atoms with Crippen LogP contribution in [0.2, 0.25) is 0 Å². The largest absolute Gasteiger partial charge is 0.431 e. The molecule has 3 aromatic rings. The zero-order valence-corrected chi connectivity index (χ0v) is 12.4. The van der Waals surface area contributed by atoms with Gasteiger partial charge in [0.05, 0.1) is 12.7 Å². The molecule has 2 N–H and O–H groups in total. The molecule has 0 spiro atoms.